The second kappa shape index (κ2) is 14.9. The molecule has 12 aromatic carbocycles. The van der Waals surface area contributed by atoms with Gasteiger partial charge in [0.15, 0.2) is 0 Å². The van der Waals surface area contributed by atoms with Crippen LogP contribution in [0.5, 0.6) is 0 Å². The minimum atomic E-state index is -0.241. The lowest BCUT2D eigenvalue weighted by molar-refractivity contribution is 0.660. The second-order valence-electron chi connectivity index (χ2n) is 22.7. The van der Waals surface area contributed by atoms with E-state index in [4.69, 9.17) is 0 Å². The fraction of sp³-hybridized carbons (Fsp3) is 0.123. The summed E-state index contributed by atoms with van der Waals surface area (Å²) >= 11 is 0. The van der Waals surface area contributed by atoms with Crippen LogP contribution < -0.4 is 0 Å². The van der Waals surface area contributed by atoms with Gasteiger partial charge in [-0.05, 0) is 185 Å². The highest BCUT2D eigenvalue weighted by Gasteiger charge is 2.42. The van der Waals surface area contributed by atoms with Gasteiger partial charge in [-0.15, -0.1) is 0 Å². The second-order valence-corrected chi connectivity index (χ2v) is 22.7. The molecule has 12 aromatic rings. The van der Waals surface area contributed by atoms with Crippen LogP contribution in [-0.4, -0.2) is 0 Å². The van der Waals surface area contributed by atoms with Gasteiger partial charge >= 0.3 is 0 Å². The molecule has 0 nitrogen and oxygen atoms in total. The molecule has 3 aliphatic carbocycles. The third kappa shape index (κ3) is 5.73. The van der Waals surface area contributed by atoms with Crippen molar-refractivity contribution in [2.24, 2.45) is 0 Å². The summed E-state index contributed by atoms with van der Waals surface area (Å²) in [5.74, 6) is 0. The third-order valence-electron chi connectivity index (χ3n) is 17.9. The Labute approximate surface area is 428 Å². The summed E-state index contributed by atoms with van der Waals surface area (Å²) in [4.78, 5) is 0. The Balaban J connectivity index is 0.863. The third-order valence-corrected chi connectivity index (χ3v) is 17.9. The molecule has 346 valence electrons. The molecule has 0 spiro atoms. The van der Waals surface area contributed by atoms with Crippen LogP contribution in [-0.2, 0) is 16.2 Å². The van der Waals surface area contributed by atoms with Crippen molar-refractivity contribution in [3.63, 3.8) is 0 Å². The average molecular weight is 931 g/mol. The van der Waals surface area contributed by atoms with Gasteiger partial charge in [-0.2, -0.15) is 0 Å². The van der Waals surface area contributed by atoms with Gasteiger partial charge in [0, 0.05) is 16.2 Å². The van der Waals surface area contributed by atoms with Gasteiger partial charge in [0.05, 0.1) is 0 Å². The first kappa shape index (κ1) is 42.4. The standard InChI is InChI=1S/C73H54/c1-71(2)61-31-19-18-26-51(61)52-37-36-46(38-62(52)71)60-42-66-70(56-30-17-13-25-50(56)60)69-55-29-16-12-24-49(55)59(41-65(69)73(66,5)6)45-34-32-44(33-35-45)58-40-64-68(54-28-15-11-23-48(54)58)67-53-27-14-10-22-47(53)57(39-63(67)72(64,3)4)43-20-8-7-9-21-43/h7-42H,1-6H3. The van der Waals surface area contributed by atoms with Crippen LogP contribution in [0, 0.1) is 0 Å². The molecule has 0 atom stereocenters. The molecule has 0 amide bonds. The van der Waals surface area contributed by atoms with E-state index in [9.17, 15) is 0 Å². The number of hydrogen-bond donors (Lipinski definition) is 0. The summed E-state index contributed by atoms with van der Waals surface area (Å²) in [5, 5.41) is 10.5. The van der Waals surface area contributed by atoms with E-state index in [0.717, 1.165) is 0 Å². The predicted octanol–water partition coefficient (Wildman–Crippen LogP) is 19.9. The molecule has 0 heterocycles. The minimum Gasteiger partial charge on any atom is -0.0622 e. The normalized spacial score (nSPS) is 15.0. The average Bonchev–Trinajstić information content (AvgIpc) is 3.92. The molecule has 0 aromatic heterocycles. The molecule has 0 saturated carbocycles. The number of fused-ring (bicyclic) bond motifs is 17. The van der Waals surface area contributed by atoms with Crippen molar-refractivity contribution < 1.29 is 0 Å². The number of hydrogen-bond acceptors (Lipinski definition) is 0. The highest BCUT2D eigenvalue weighted by Crippen LogP contribution is 2.59. The first-order valence-electron chi connectivity index (χ1n) is 26.2. The summed E-state index contributed by atoms with van der Waals surface area (Å²) in [6.07, 6.45) is 0. The topological polar surface area (TPSA) is 0 Å². The molecule has 0 radical (unpaired) electrons. The molecule has 0 fully saturated rings. The molecule has 0 saturated heterocycles. The largest absolute Gasteiger partial charge is 0.0622 e. The van der Waals surface area contributed by atoms with Crippen LogP contribution in [0.2, 0.25) is 0 Å². The Morgan fingerprint density at radius 3 is 0.890 bits per heavy atom. The molecule has 0 unspecified atom stereocenters. The molecule has 73 heavy (non-hydrogen) atoms. The maximum atomic E-state index is 2.54. The molecule has 0 heteroatoms. The van der Waals surface area contributed by atoms with Crippen LogP contribution in [0.3, 0.4) is 0 Å². The van der Waals surface area contributed by atoms with Gasteiger partial charge in [-0.3, -0.25) is 0 Å². The van der Waals surface area contributed by atoms with Crippen LogP contribution >= 0.6 is 0 Å². The lowest BCUT2D eigenvalue weighted by Gasteiger charge is -2.25. The van der Waals surface area contributed by atoms with Crippen molar-refractivity contribution in [1.29, 1.82) is 0 Å². The maximum absolute atomic E-state index is 2.54. The fourth-order valence-corrected chi connectivity index (χ4v) is 14.1. The molecule has 15 rings (SSSR count). The van der Waals surface area contributed by atoms with E-state index in [1.807, 2.05) is 0 Å². The van der Waals surface area contributed by atoms with Gasteiger partial charge in [0.25, 0.3) is 0 Å². The molecule has 0 bridgehead atoms. The summed E-state index contributed by atoms with van der Waals surface area (Å²) < 4.78 is 0. The minimum absolute atomic E-state index is 0.0701. The van der Waals surface area contributed by atoms with Crippen molar-refractivity contribution in [3.8, 4) is 77.9 Å². The van der Waals surface area contributed by atoms with Crippen molar-refractivity contribution in [1.82, 2.24) is 0 Å². The molecule has 3 aliphatic rings. The fourth-order valence-electron chi connectivity index (χ4n) is 14.1. The van der Waals surface area contributed by atoms with Gasteiger partial charge < -0.3 is 0 Å². The Kier molecular flexibility index (Phi) is 8.63. The molecular weight excluding hydrogens is 877 g/mol. The van der Waals surface area contributed by atoms with E-state index in [1.54, 1.807) is 0 Å². The van der Waals surface area contributed by atoms with Crippen molar-refractivity contribution in [2.75, 3.05) is 0 Å². The molecule has 0 N–H and O–H groups in total. The zero-order chi connectivity index (χ0) is 49.1. The first-order valence-corrected chi connectivity index (χ1v) is 26.2. The van der Waals surface area contributed by atoms with Crippen molar-refractivity contribution >= 4 is 43.1 Å². The van der Waals surface area contributed by atoms with Gasteiger partial charge in [-0.25, -0.2) is 0 Å². The van der Waals surface area contributed by atoms with E-state index >= 15 is 0 Å². The van der Waals surface area contributed by atoms with E-state index < -0.39 is 0 Å². The summed E-state index contributed by atoms with van der Waals surface area (Å²) in [5.41, 5.74) is 26.3. The Hall–Kier alpha value is -8.32. The lowest BCUT2D eigenvalue weighted by atomic mass is 9.78. The van der Waals surface area contributed by atoms with Crippen molar-refractivity contribution in [3.05, 3.63) is 252 Å². The Morgan fingerprint density at radius 1 is 0.192 bits per heavy atom. The van der Waals surface area contributed by atoms with Crippen LogP contribution in [0.1, 0.15) is 74.9 Å². The smallest absolute Gasteiger partial charge is 0.0159 e. The predicted molar refractivity (Wildman–Crippen MR) is 311 cm³/mol. The molecular formula is C73H54. The maximum Gasteiger partial charge on any atom is 0.0159 e. The van der Waals surface area contributed by atoms with Crippen molar-refractivity contribution in [2.45, 2.75) is 57.8 Å². The first-order chi connectivity index (χ1) is 35.5. The van der Waals surface area contributed by atoms with Gasteiger partial charge in [0.2, 0.25) is 0 Å². The van der Waals surface area contributed by atoms with Gasteiger partial charge in [-0.1, -0.05) is 230 Å². The number of benzene rings is 12. The van der Waals surface area contributed by atoms with E-state index in [-0.39, 0.29) is 16.2 Å². The van der Waals surface area contributed by atoms with E-state index in [1.165, 1.54) is 154 Å². The number of rotatable bonds is 4. The Morgan fingerprint density at radius 2 is 0.479 bits per heavy atom. The summed E-state index contributed by atoms with van der Waals surface area (Å²) in [7, 11) is 0. The van der Waals surface area contributed by atoms with Gasteiger partial charge in [0.1, 0.15) is 0 Å². The molecule has 0 aliphatic heterocycles. The zero-order valence-electron chi connectivity index (χ0n) is 42.3. The Bertz CT molecular complexity index is 4370. The summed E-state index contributed by atoms with van der Waals surface area (Å²) in [6.45, 7) is 14.5. The van der Waals surface area contributed by atoms with Crippen LogP contribution in [0.15, 0.2) is 218 Å². The SMILES string of the molecule is CC1(C)c2ccccc2-c2ccc(-c3cc4c(c5ccccc35)-c3c(cc(-c5ccc(-c6cc7c(c8ccccc68)-c6c(cc(-c8ccccc8)c8ccccc68)C7(C)C)cc5)c5ccccc35)C4(C)C)cc21. The van der Waals surface area contributed by atoms with Crippen LogP contribution in [0.25, 0.3) is 121 Å². The van der Waals surface area contributed by atoms with E-state index in [2.05, 4.69) is 260 Å². The highest BCUT2D eigenvalue weighted by molar-refractivity contribution is 6.19. The van der Waals surface area contributed by atoms with Crippen LogP contribution in [0.4, 0.5) is 0 Å². The quantitative estimate of drug-likeness (QED) is 0.165. The van der Waals surface area contributed by atoms with E-state index in [0.29, 0.717) is 0 Å². The summed E-state index contributed by atoms with van der Waals surface area (Å²) in [6, 6.07) is 83.1. The zero-order valence-corrected chi connectivity index (χ0v) is 42.3. The highest BCUT2D eigenvalue weighted by atomic mass is 14.4. The monoisotopic (exact) mass is 930 g/mol. The lowest BCUT2D eigenvalue weighted by Crippen LogP contribution is -2.16.